The number of nitrogens with zero attached hydrogens (tertiary/aromatic N) is 3. The molecule has 4 heterocycles. The van der Waals surface area contributed by atoms with Gasteiger partial charge in [0.1, 0.15) is 11.2 Å². The molecule has 0 saturated carbocycles. The van der Waals surface area contributed by atoms with Crippen LogP contribution in [0.2, 0.25) is 0 Å². The van der Waals surface area contributed by atoms with Crippen molar-refractivity contribution in [2.75, 3.05) is 0 Å². The van der Waals surface area contributed by atoms with Gasteiger partial charge in [0, 0.05) is 32.6 Å². The Labute approximate surface area is 265 Å². The summed E-state index contributed by atoms with van der Waals surface area (Å²) in [6.07, 6.45) is 0. The van der Waals surface area contributed by atoms with Gasteiger partial charge in [-0.1, -0.05) is 102 Å². The standard InChI is InChI=1S/C41H23N3OS/c1-2-10-26-24(9-1)17-20-33-38(26)29-12-4-7-15-32(29)43(33)25-18-19-28-27-11-3-6-14-31(27)44(34(28)23-25)41-42-40-37(46-41)22-21-36-39(40)30-13-5-8-16-35(30)45-36/h1-23H. The van der Waals surface area contributed by atoms with Crippen LogP contribution in [0.1, 0.15) is 0 Å². The lowest BCUT2D eigenvalue weighted by atomic mass is 10.0. The minimum atomic E-state index is 0.869. The smallest absolute Gasteiger partial charge is 0.195 e. The van der Waals surface area contributed by atoms with Gasteiger partial charge >= 0.3 is 0 Å². The third-order valence-corrected chi connectivity index (χ3v) is 10.6. The predicted octanol–water partition coefficient (Wildman–Crippen LogP) is 11.5. The van der Waals surface area contributed by atoms with E-state index < -0.39 is 0 Å². The van der Waals surface area contributed by atoms with Crippen LogP contribution >= 0.6 is 11.3 Å². The van der Waals surface area contributed by atoms with E-state index in [4.69, 9.17) is 9.40 Å². The molecule has 4 nitrogen and oxygen atoms in total. The van der Waals surface area contributed by atoms with E-state index in [9.17, 15) is 0 Å². The highest BCUT2D eigenvalue weighted by molar-refractivity contribution is 7.21. The third kappa shape index (κ3) is 3.14. The van der Waals surface area contributed by atoms with E-state index in [0.29, 0.717) is 0 Å². The first-order valence-corrected chi connectivity index (χ1v) is 16.3. The van der Waals surface area contributed by atoms with E-state index in [0.717, 1.165) is 54.0 Å². The molecule has 0 amide bonds. The second-order valence-electron chi connectivity index (χ2n) is 12.0. The molecular weight excluding hydrogens is 583 g/mol. The molecule has 214 valence electrons. The summed E-state index contributed by atoms with van der Waals surface area (Å²) in [6, 6.07) is 50.0. The minimum absolute atomic E-state index is 0.869. The quantitative estimate of drug-likeness (QED) is 0.196. The van der Waals surface area contributed by atoms with Gasteiger partial charge in [-0.25, -0.2) is 4.98 Å². The SMILES string of the molecule is c1ccc2c(c1)ccc1c2c2ccccc2n1-c1ccc2c3ccccc3n(-c3nc4c(ccc5oc6ccccc6c54)s3)c2c1. The van der Waals surface area contributed by atoms with Crippen LogP contribution in [0, 0.1) is 0 Å². The van der Waals surface area contributed by atoms with Crippen LogP contribution < -0.4 is 0 Å². The number of thiazole rings is 1. The number of furan rings is 1. The zero-order valence-electron chi connectivity index (χ0n) is 24.4. The first-order chi connectivity index (χ1) is 22.8. The molecule has 0 atom stereocenters. The number of benzene rings is 7. The number of rotatable bonds is 2. The molecule has 0 aliphatic rings. The van der Waals surface area contributed by atoms with E-state index in [1.807, 2.05) is 12.1 Å². The van der Waals surface area contributed by atoms with Gasteiger partial charge in [-0.3, -0.25) is 4.57 Å². The number of hydrogen-bond acceptors (Lipinski definition) is 3. The van der Waals surface area contributed by atoms with Crippen molar-refractivity contribution in [3.05, 3.63) is 140 Å². The van der Waals surface area contributed by atoms with Crippen molar-refractivity contribution in [1.29, 1.82) is 0 Å². The lowest BCUT2D eigenvalue weighted by molar-refractivity contribution is 0.669. The van der Waals surface area contributed by atoms with Crippen LogP contribution in [0.25, 0.3) is 97.4 Å². The molecule has 46 heavy (non-hydrogen) atoms. The highest BCUT2D eigenvalue weighted by Gasteiger charge is 2.20. The fourth-order valence-corrected chi connectivity index (χ4v) is 8.61. The molecule has 7 aromatic carbocycles. The van der Waals surface area contributed by atoms with Crippen molar-refractivity contribution < 1.29 is 4.42 Å². The van der Waals surface area contributed by atoms with Gasteiger partial charge < -0.3 is 8.98 Å². The van der Waals surface area contributed by atoms with E-state index in [1.165, 1.54) is 43.4 Å². The second kappa shape index (κ2) is 8.84. The van der Waals surface area contributed by atoms with Gasteiger partial charge in [-0.2, -0.15) is 0 Å². The van der Waals surface area contributed by atoms with E-state index in [-0.39, 0.29) is 0 Å². The van der Waals surface area contributed by atoms with E-state index in [2.05, 4.69) is 137 Å². The molecule has 0 unspecified atom stereocenters. The average molecular weight is 606 g/mol. The Hall–Kier alpha value is -5.91. The van der Waals surface area contributed by atoms with Gasteiger partial charge in [-0.05, 0) is 59.3 Å². The van der Waals surface area contributed by atoms with Crippen molar-refractivity contribution in [1.82, 2.24) is 14.1 Å². The zero-order chi connectivity index (χ0) is 29.9. The summed E-state index contributed by atoms with van der Waals surface area (Å²) in [5, 5.41) is 10.6. The summed E-state index contributed by atoms with van der Waals surface area (Å²) in [4.78, 5) is 5.35. The first kappa shape index (κ1) is 24.4. The van der Waals surface area contributed by atoms with E-state index >= 15 is 0 Å². The molecule has 0 spiro atoms. The zero-order valence-corrected chi connectivity index (χ0v) is 25.3. The maximum absolute atomic E-state index is 6.21. The third-order valence-electron chi connectivity index (χ3n) is 9.56. The Kier molecular flexibility index (Phi) is 4.69. The van der Waals surface area contributed by atoms with Crippen LogP contribution in [0.4, 0.5) is 0 Å². The van der Waals surface area contributed by atoms with E-state index in [1.54, 1.807) is 11.3 Å². The predicted molar refractivity (Wildman–Crippen MR) is 193 cm³/mol. The van der Waals surface area contributed by atoms with Gasteiger partial charge in [-0.15, -0.1) is 0 Å². The number of para-hydroxylation sites is 3. The Morgan fingerprint density at radius 1 is 0.478 bits per heavy atom. The molecule has 0 aliphatic carbocycles. The van der Waals surface area contributed by atoms with Crippen LogP contribution in [-0.4, -0.2) is 14.1 Å². The van der Waals surface area contributed by atoms with Crippen molar-refractivity contribution in [3.63, 3.8) is 0 Å². The summed E-state index contributed by atoms with van der Waals surface area (Å²) in [5.41, 5.74) is 8.56. The van der Waals surface area contributed by atoms with Crippen LogP contribution in [-0.2, 0) is 0 Å². The topological polar surface area (TPSA) is 35.9 Å². The summed E-state index contributed by atoms with van der Waals surface area (Å²) in [7, 11) is 0. The van der Waals surface area contributed by atoms with Crippen molar-refractivity contribution in [2.24, 2.45) is 0 Å². The van der Waals surface area contributed by atoms with Crippen molar-refractivity contribution >= 4 is 97.9 Å². The molecule has 0 saturated heterocycles. The average Bonchev–Trinajstić information content (AvgIpc) is 3.86. The lowest BCUT2D eigenvalue weighted by Crippen LogP contribution is -1.96. The maximum Gasteiger partial charge on any atom is 0.195 e. The fraction of sp³-hybridized carbons (Fsp3) is 0. The van der Waals surface area contributed by atoms with Crippen molar-refractivity contribution in [2.45, 2.75) is 0 Å². The monoisotopic (exact) mass is 605 g/mol. The highest BCUT2D eigenvalue weighted by atomic mass is 32.1. The van der Waals surface area contributed by atoms with Gasteiger partial charge in [0.2, 0.25) is 0 Å². The molecule has 0 aliphatic heterocycles. The number of aromatic nitrogens is 3. The normalized spacial score (nSPS) is 12.3. The molecule has 11 aromatic rings. The van der Waals surface area contributed by atoms with Gasteiger partial charge in [0.15, 0.2) is 5.13 Å². The lowest BCUT2D eigenvalue weighted by Gasteiger charge is -2.10. The maximum atomic E-state index is 6.21. The molecule has 0 N–H and O–H groups in total. The first-order valence-electron chi connectivity index (χ1n) is 15.5. The number of fused-ring (bicyclic) bond motifs is 13. The molecule has 0 bridgehead atoms. The summed E-state index contributed by atoms with van der Waals surface area (Å²) >= 11 is 1.72. The highest BCUT2D eigenvalue weighted by Crippen LogP contribution is 2.42. The molecule has 11 rings (SSSR count). The van der Waals surface area contributed by atoms with Crippen LogP contribution in [0.15, 0.2) is 144 Å². The molecular formula is C41H23N3OS. The Morgan fingerprint density at radius 2 is 1.20 bits per heavy atom. The Bertz CT molecular complexity index is 3040. The van der Waals surface area contributed by atoms with Gasteiger partial charge in [0.05, 0.1) is 37.7 Å². The summed E-state index contributed by atoms with van der Waals surface area (Å²) in [5.74, 6) is 0. The molecule has 0 fully saturated rings. The van der Waals surface area contributed by atoms with Crippen LogP contribution in [0.5, 0.6) is 0 Å². The molecule has 4 aromatic heterocycles. The van der Waals surface area contributed by atoms with Crippen LogP contribution in [0.3, 0.4) is 0 Å². The Morgan fingerprint density at radius 3 is 2.09 bits per heavy atom. The molecule has 0 radical (unpaired) electrons. The Balaban J connectivity index is 1.23. The minimum Gasteiger partial charge on any atom is -0.456 e. The largest absolute Gasteiger partial charge is 0.456 e. The summed E-state index contributed by atoms with van der Waals surface area (Å²) < 4.78 is 12.1. The summed E-state index contributed by atoms with van der Waals surface area (Å²) in [6.45, 7) is 0. The molecule has 5 heteroatoms. The van der Waals surface area contributed by atoms with Gasteiger partial charge in [0.25, 0.3) is 0 Å². The van der Waals surface area contributed by atoms with Crippen molar-refractivity contribution in [3.8, 4) is 10.8 Å². The number of hydrogen-bond donors (Lipinski definition) is 0. The fourth-order valence-electron chi connectivity index (χ4n) is 7.61. The second-order valence-corrected chi connectivity index (χ2v) is 13.0.